The van der Waals surface area contributed by atoms with Crippen LogP contribution in [0.25, 0.3) is 0 Å². The minimum atomic E-state index is -0.710. The largest absolute Gasteiger partial charge is 0.481 e. The number of esters is 1. The van der Waals surface area contributed by atoms with Gasteiger partial charge in [0.2, 0.25) is 0 Å². The summed E-state index contributed by atoms with van der Waals surface area (Å²) in [7, 11) is 0. The zero-order valence-corrected chi connectivity index (χ0v) is 30.0. The molecule has 0 aliphatic rings. The molecule has 44 heavy (non-hydrogen) atoms. The number of carboxylic acids is 1. The van der Waals surface area contributed by atoms with E-state index in [2.05, 4.69) is 13.8 Å². The summed E-state index contributed by atoms with van der Waals surface area (Å²) in [6, 6.07) is 0. The third-order valence-corrected chi connectivity index (χ3v) is 9.33. The summed E-state index contributed by atoms with van der Waals surface area (Å²) in [4.78, 5) is 23.1. The number of rotatable bonds is 37. The maximum Gasteiger partial charge on any atom is 0.306 e. The van der Waals surface area contributed by atoms with E-state index in [4.69, 9.17) is 9.84 Å². The molecule has 0 fully saturated rings. The third-order valence-electron chi connectivity index (χ3n) is 9.33. The van der Waals surface area contributed by atoms with Crippen molar-refractivity contribution in [2.45, 2.75) is 245 Å². The van der Waals surface area contributed by atoms with E-state index in [1.54, 1.807) is 0 Å². The van der Waals surface area contributed by atoms with Crippen molar-refractivity contribution in [1.82, 2.24) is 0 Å². The fourth-order valence-corrected chi connectivity index (χ4v) is 6.36. The summed E-state index contributed by atoms with van der Waals surface area (Å²) in [5.41, 5.74) is 0. The Hall–Kier alpha value is -1.06. The van der Waals surface area contributed by atoms with Crippen LogP contribution in [0.2, 0.25) is 0 Å². The molecule has 0 saturated carbocycles. The Labute approximate surface area is 275 Å². The Balaban J connectivity index is 3.55. The third kappa shape index (κ3) is 35.4. The van der Waals surface area contributed by atoms with Crippen LogP contribution in [0, 0.1) is 0 Å². The van der Waals surface area contributed by atoms with Gasteiger partial charge >= 0.3 is 11.9 Å². The van der Waals surface area contributed by atoms with E-state index < -0.39 is 5.97 Å². The highest BCUT2D eigenvalue weighted by Gasteiger charge is 2.14. The number of carbonyl (C=O) groups is 2. The lowest BCUT2D eigenvalue weighted by atomic mass is 10.0. The lowest BCUT2D eigenvalue weighted by Gasteiger charge is -2.18. The molecule has 262 valence electrons. The van der Waals surface area contributed by atoms with Crippen LogP contribution in [0.5, 0.6) is 0 Å². The number of hydrogen-bond acceptors (Lipinski definition) is 3. The molecule has 0 spiro atoms. The lowest BCUT2D eigenvalue weighted by molar-refractivity contribution is -0.150. The van der Waals surface area contributed by atoms with Gasteiger partial charge in [-0.1, -0.05) is 187 Å². The molecule has 4 nitrogen and oxygen atoms in total. The molecule has 0 aromatic heterocycles. The zero-order chi connectivity index (χ0) is 32.2. The van der Waals surface area contributed by atoms with Gasteiger partial charge in [-0.15, -0.1) is 0 Å². The van der Waals surface area contributed by atoms with Crippen molar-refractivity contribution in [3.63, 3.8) is 0 Å². The van der Waals surface area contributed by atoms with Crippen molar-refractivity contribution >= 4 is 11.9 Å². The standard InChI is InChI=1S/C40H78O4/c1-3-5-7-9-10-11-12-13-14-15-16-17-18-19-20-21-22-23-24-25-26-27-33-37-40(43)44-38(34-30-8-6-4-2)35-31-28-29-32-36-39(41)42/h38H,3-37H2,1-2H3,(H,41,42). The van der Waals surface area contributed by atoms with Crippen molar-refractivity contribution in [2.24, 2.45) is 0 Å². The van der Waals surface area contributed by atoms with Crippen molar-refractivity contribution in [1.29, 1.82) is 0 Å². The summed E-state index contributed by atoms with van der Waals surface area (Å²) >= 11 is 0. The van der Waals surface area contributed by atoms with Gasteiger partial charge in [-0.2, -0.15) is 0 Å². The highest BCUT2D eigenvalue weighted by molar-refractivity contribution is 5.69. The van der Waals surface area contributed by atoms with Crippen LogP contribution in [0.3, 0.4) is 0 Å². The molecule has 0 amide bonds. The molecular formula is C40H78O4. The number of aliphatic carboxylic acids is 1. The first kappa shape index (κ1) is 42.9. The van der Waals surface area contributed by atoms with E-state index >= 15 is 0 Å². The van der Waals surface area contributed by atoms with Gasteiger partial charge in [0.25, 0.3) is 0 Å². The molecule has 0 aliphatic carbocycles. The Kier molecular flexibility index (Phi) is 35.5. The molecule has 1 unspecified atom stereocenters. The number of carboxylic acid groups (broad SMARTS) is 1. The first-order valence-electron chi connectivity index (χ1n) is 20.0. The molecular weight excluding hydrogens is 544 g/mol. The van der Waals surface area contributed by atoms with Crippen LogP contribution in [-0.4, -0.2) is 23.1 Å². The van der Waals surface area contributed by atoms with Gasteiger partial charge < -0.3 is 9.84 Å². The van der Waals surface area contributed by atoms with E-state index in [9.17, 15) is 9.59 Å². The van der Waals surface area contributed by atoms with Crippen LogP contribution < -0.4 is 0 Å². The smallest absolute Gasteiger partial charge is 0.306 e. The Bertz CT molecular complexity index is 590. The monoisotopic (exact) mass is 623 g/mol. The van der Waals surface area contributed by atoms with Gasteiger partial charge in [0.15, 0.2) is 0 Å². The topological polar surface area (TPSA) is 63.6 Å². The molecule has 1 atom stereocenters. The maximum atomic E-state index is 12.5. The molecule has 0 heterocycles. The molecule has 0 aromatic carbocycles. The van der Waals surface area contributed by atoms with Crippen molar-refractivity contribution in [3.05, 3.63) is 0 Å². The summed E-state index contributed by atoms with van der Waals surface area (Å²) in [5, 5.41) is 8.78. The molecule has 4 heteroatoms. The second-order valence-corrected chi connectivity index (χ2v) is 13.8. The van der Waals surface area contributed by atoms with Crippen molar-refractivity contribution < 1.29 is 19.4 Å². The van der Waals surface area contributed by atoms with Crippen LogP contribution >= 0.6 is 0 Å². The van der Waals surface area contributed by atoms with Crippen LogP contribution in [0.1, 0.15) is 239 Å². The Morgan fingerprint density at radius 3 is 1.02 bits per heavy atom. The maximum absolute atomic E-state index is 12.5. The Morgan fingerprint density at radius 1 is 0.409 bits per heavy atom. The van der Waals surface area contributed by atoms with Crippen LogP contribution in [0.15, 0.2) is 0 Å². The molecule has 0 aromatic rings. The van der Waals surface area contributed by atoms with E-state index in [0.717, 1.165) is 57.8 Å². The zero-order valence-electron chi connectivity index (χ0n) is 30.0. The molecule has 1 N–H and O–H groups in total. The fourth-order valence-electron chi connectivity index (χ4n) is 6.36. The van der Waals surface area contributed by atoms with E-state index in [1.165, 1.54) is 154 Å². The van der Waals surface area contributed by atoms with Gasteiger partial charge in [-0.05, 0) is 38.5 Å². The molecule has 0 saturated heterocycles. The van der Waals surface area contributed by atoms with E-state index in [-0.39, 0.29) is 18.5 Å². The SMILES string of the molecule is CCCCCCCCCCCCCCCCCCCCCCCCCC(=O)OC(CCCCCC)CCCCCCC(=O)O. The number of unbranched alkanes of at least 4 members (excludes halogenated alkanes) is 28. The summed E-state index contributed by atoms with van der Waals surface area (Å²) in [5.74, 6) is -0.724. The Morgan fingerprint density at radius 2 is 0.682 bits per heavy atom. The summed E-state index contributed by atoms with van der Waals surface area (Å²) in [6.45, 7) is 4.51. The molecule has 0 radical (unpaired) electrons. The van der Waals surface area contributed by atoms with Crippen molar-refractivity contribution in [2.75, 3.05) is 0 Å². The minimum absolute atomic E-state index is 0.0140. The summed E-state index contributed by atoms with van der Waals surface area (Å²) < 4.78 is 5.89. The average Bonchev–Trinajstić information content (AvgIpc) is 3.01. The lowest BCUT2D eigenvalue weighted by Crippen LogP contribution is -2.18. The second kappa shape index (κ2) is 36.4. The van der Waals surface area contributed by atoms with Crippen LogP contribution in [0.4, 0.5) is 0 Å². The highest BCUT2D eigenvalue weighted by Crippen LogP contribution is 2.19. The number of hydrogen-bond donors (Lipinski definition) is 1. The predicted molar refractivity (Wildman–Crippen MR) is 190 cm³/mol. The van der Waals surface area contributed by atoms with Gasteiger partial charge in [-0.25, -0.2) is 0 Å². The fraction of sp³-hybridized carbons (Fsp3) is 0.950. The van der Waals surface area contributed by atoms with Gasteiger partial charge in [0, 0.05) is 12.8 Å². The van der Waals surface area contributed by atoms with Crippen molar-refractivity contribution in [3.8, 4) is 0 Å². The predicted octanol–water partition coefficient (Wildman–Crippen LogP) is 13.7. The normalized spacial score (nSPS) is 12.0. The van der Waals surface area contributed by atoms with E-state index in [0.29, 0.717) is 6.42 Å². The summed E-state index contributed by atoms with van der Waals surface area (Å²) in [6.07, 6.45) is 43.1. The van der Waals surface area contributed by atoms with Gasteiger partial charge in [-0.3, -0.25) is 9.59 Å². The molecule has 0 aliphatic heterocycles. The molecule has 0 rings (SSSR count). The van der Waals surface area contributed by atoms with Crippen LogP contribution in [-0.2, 0) is 14.3 Å². The first-order chi connectivity index (χ1) is 21.6. The molecule has 0 bridgehead atoms. The number of ether oxygens (including phenoxy) is 1. The van der Waals surface area contributed by atoms with Gasteiger partial charge in [0.1, 0.15) is 6.10 Å². The number of carbonyl (C=O) groups excluding carboxylic acids is 1. The van der Waals surface area contributed by atoms with E-state index in [1.807, 2.05) is 0 Å². The van der Waals surface area contributed by atoms with Gasteiger partial charge in [0.05, 0.1) is 0 Å². The first-order valence-corrected chi connectivity index (χ1v) is 20.0. The minimum Gasteiger partial charge on any atom is -0.481 e. The quantitative estimate of drug-likeness (QED) is 0.0553. The average molecular weight is 623 g/mol. The second-order valence-electron chi connectivity index (χ2n) is 13.8. The highest BCUT2D eigenvalue weighted by atomic mass is 16.5.